The number of rotatable bonds is 2. The third kappa shape index (κ3) is 1.66. The summed E-state index contributed by atoms with van der Waals surface area (Å²) in [6.07, 6.45) is 3.48. The lowest BCUT2D eigenvalue weighted by atomic mass is 10.2. The summed E-state index contributed by atoms with van der Waals surface area (Å²) in [5.74, 6) is -1.19. The highest BCUT2D eigenvalue weighted by atomic mass is 35.5. The molecule has 1 saturated carbocycles. The smallest absolute Gasteiger partial charge is 0.341 e. The lowest BCUT2D eigenvalue weighted by Crippen LogP contribution is -2.17. The second-order valence-corrected chi connectivity index (χ2v) is 5.75. The number of hydrogen-bond donors (Lipinski definition) is 1. The molecule has 0 spiro atoms. The highest BCUT2D eigenvalue weighted by molar-refractivity contribution is 7.22. The summed E-state index contributed by atoms with van der Waals surface area (Å²) >= 11 is 7.22. The fourth-order valence-corrected chi connectivity index (χ4v) is 3.14. The molecule has 1 N–H and O–H groups in total. The maximum Gasteiger partial charge on any atom is 0.341 e. The summed E-state index contributed by atoms with van der Waals surface area (Å²) in [6.45, 7) is 0. The van der Waals surface area contributed by atoms with Gasteiger partial charge in [0, 0.05) is 12.2 Å². The predicted molar refractivity (Wildman–Crippen MR) is 66.3 cm³/mol. The molecule has 0 atom stereocenters. The molecule has 2 aromatic rings. The Balaban J connectivity index is 2.41. The van der Waals surface area contributed by atoms with Gasteiger partial charge in [-0.2, -0.15) is 0 Å². The fraction of sp³-hybridized carbons (Fsp3) is 0.273. The number of aromatic carboxylic acids is 1. The Morgan fingerprint density at radius 3 is 2.82 bits per heavy atom. The SMILES string of the molecule is O=C(O)c1cn(C2CC2)c2sc(Cl)cc2c1=O. The van der Waals surface area contributed by atoms with Crippen molar-refractivity contribution in [1.82, 2.24) is 4.57 Å². The van der Waals surface area contributed by atoms with Crippen molar-refractivity contribution in [3.63, 3.8) is 0 Å². The summed E-state index contributed by atoms with van der Waals surface area (Å²) in [6, 6.07) is 1.86. The molecule has 1 aliphatic carbocycles. The minimum atomic E-state index is -1.19. The monoisotopic (exact) mass is 269 g/mol. The molecule has 0 aliphatic heterocycles. The van der Waals surface area contributed by atoms with E-state index >= 15 is 0 Å². The van der Waals surface area contributed by atoms with Gasteiger partial charge in [0.25, 0.3) is 0 Å². The van der Waals surface area contributed by atoms with Crippen LogP contribution in [0.25, 0.3) is 10.2 Å². The molecule has 0 radical (unpaired) electrons. The Labute approximate surface area is 105 Å². The normalized spacial score (nSPS) is 15.4. The molecule has 3 rings (SSSR count). The largest absolute Gasteiger partial charge is 0.477 e. The van der Waals surface area contributed by atoms with Gasteiger partial charge in [-0.15, -0.1) is 11.3 Å². The predicted octanol–water partition coefficient (Wildman–Crippen LogP) is 2.75. The second-order valence-electron chi connectivity index (χ2n) is 4.08. The average Bonchev–Trinajstić information content (AvgIpc) is 3.01. The minimum Gasteiger partial charge on any atom is -0.477 e. The highest BCUT2D eigenvalue weighted by Gasteiger charge is 2.27. The van der Waals surface area contributed by atoms with Crippen molar-refractivity contribution in [1.29, 1.82) is 0 Å². The van der Waals surface area contributed by atoms with Gasteiger partial charge in [-0.25, -0.2) is 4.79 Å². The Kier molecular flexibility index (Phi) is 2.27. The molecule has 0 bridgehead atoms. The molecule has 17 heavy (non-hydrogen) atoms. The fourth-order valence-electron chi connectivity index (χ4n) is 1.88. The van der Waals surface area contributed by atoms with Crippen LogP contribution in [0.4, 0.5) is 0 Å². The van der Waals surface area contributed by atoms with Crippen molar-refractivity contribution in [3.8, 4) is 0 Å². The quantitative estimate of drug-likeness (QED) is 0.912. The van der Waals surface area contributed by atoms with Gasteiger partial charge in [-0.05, 0) is 18.9 Å². The third-order valence-electron chi connectivity index (χ3n) is 2.85. The molecule has 0 amide bonds. The maximum absolute atomic E-state index is 11.9. The molecule has 0 unspecified atom stereocenters. The molecule has 4 nitrogen and oxygen atoms in total. The zero-order valence-electron chi connectivity index (χ0n) is 8.64. The van der Waals surface area contributed by atoms with Crippen molar-refractivity contribution in [2.75, 3.05) is 0 Å². The van der Waals surface area contributed by atoms with Crippen LogP contribution in [0, 0.1) is 0 Å². The molecule has 2 heterocycles. The van der Waals surface area contributed by atoms with Crippen molar-refractivity contribution < 1.29 is 9.90 Å². The summed E-state index contributed by atoms with van der Waals surface area (Å²) < 4.78 is 2.38. The van der Waals surface area contributed by atoms with E-state index in [1.165, 1.54) is 17.5 Å². The first kappa shape index (κ1) is 10.8. The molecular formula is C11H8ClNO3S. The first-order chi connectivity index (χ1) is 8.08. The van der Waals surface area contributed by atoms with Crippen LogP contribution in [-0.2, 0) is 0 Å². The number of thiophene rings is 1. The minimum absolute atomic E-state index is 0.182. The Morgan fingerprint density at radius 1 is 1.53 bits per heavy atom. The summed E-state index contributed by atoms with van der Waals surface area (Å²) in [5, 5.41) is 9.42. The van der Waals surface area contributed by atoms with Gasteiger partial charge in [-0.1, -0.05) is 11.6 Å². The van der Waals surface area contributed by atoms with Crippen LogP contribution >= 0.6 is 22.9 Å². The number of hydrogen-bond acceptors (Lipinski definition) is 3. The van der Waals surface area contributed by atoms with Crippen LogP contribution in [-0.4, -0.2) is 15.6 Å². The zero-order valence-corrected chi connectivity index (χ0v) is 10.2. The lowest BCUT2D eigenvalue weighted by Gasteiger charge is -2.07. The number of halogens is 1. The molecule has 0 aromatic carbocycles. The lowest BCUT2D eigenvalue weighted by molar-refractivity contribution is 0.0695. The summed E-state index contributed by atoms with van der Waals surface area (Å²) in [7, 11) is 0. The Morgan fingerprint density at radius 2 is 2.24 bits per heavy atom. The number of carboxylic acids is 1. The number of aromatic nitrogens is 1. The average molecular weight is 270 g/mol. The third-order valence-corrected chi connectivity index (χ3v) is 4.12. The van der Waals surface area contributed by atoms with Gasteiger partial charge < -0.3 is 9.67 Å². The molecule has 6 heteroatoms. The van der Waals surface area contributed by atoms with Gasteiger partial charge in [-0.3, -0.25) is 4.79 Å². The number of fused-ring (bicyclic) bond motifs is 1. The van der Waals surface area contributed by atoms with Crippen LogP contribution in [0.3, 0.4) is 0 Å². The summed E-state index contributed by atoms with van der Waals surface area (Å²) in [5.41, 5.74) is -0.633. The van der Waals surface area contributed by atoms with E-state index in [1.54, 1.807) is 6.07 Å². The molecule has 1 aliphatic rings. The van der Waals surface area contributed by atoms with Crippen molar-refractivity contribution in [2.45, 2.75) is 18.9 Å². The van der Waals surface area contributed by atoms with E-state index in [4.69, 9.17) is 16.7 Å². The second kappa shape index (κ2) is 3.58. The van der Waals surface area contributed by atoms with E-state index < -0.39 is 11.4 Å². The first-order valence-corrected chi connectivity index (χ1v) is 6.35. The van der Waals surface area contributed by atoms with Crippen LogP contribution in [0.15, 0.2) is 17.1 Å². The van der Waals surface area contributed by atoms with Gasteiger partial charge in [0.1, 0.15) is 10.4 Å². The van der Waals surface area contributed by atoms with Crippen LogP contribution < -0.4 is 5.43 Å². The van der Waals surface area contributed by atoms with Gasteiger partial charge in [0.05, 0.1) is 9.72 Å². The van der Waals surface area contributed by atoms with Crippen molar-refractivity contribution in [2.24, 2.45) is 0 Å². The first-order valence-electron chi connectivity index (χ1n) is 5.15. The van der Waals surface area contributed by atoms with E-state index in [9.17, 15) is 9.59 Å². The Hall–Kier alpha value is -1.33. The number of nitrogens with zero attached hydrogens (tertiary/aromatic N) is 1. The standard InChI is InChI=1S/C11H8ClNO3S/c12-8-3-6-9(14)7(11(15)16)4-13(5-1-2-5)10(6)17-8/h3-5H,1-2H2,(H,15,16). The van der Waals surface area contributed by atoms with Crippen LogP contribution in [0.2, 0.25) is 4.34 Å². The Bertz CT molecular complexity index is 684. The number of pyridine rings is 1. The molecule has 88 valence electrons. The zero-order chi connectivity index (χ0) is 12.2. The van der Waals surface area contributed by atoms with E-state index in [-0.39, 0.29) is 5.56 Å². The van der Waals surface area contributed by atoms with Gasteiger partial charge in [0.15, 0.2) is 0 Å². The number of carbonyl (C=O) groups is 1. The van der Waals surface area contributed by atoms with E-state index in [0.29, 0.717) is 15.8 Å². The maximum atomic E-state index is 11.9. The number of carboxylic acid groups (broad SMARTS) is 1. The van der Waals surface area contributed by atoms with Crippen LogP contribution in [0.5, 0.6) is 0 Å². The van der Waals surface area contributed by atoms with Crippen molar-refractivity contribution in [3.05, 3.63) is 32.4 Å². The van der Waals surface area contributed by atoms with Crippen LogP contribution in [0.1, 0.15) is 29.2 Å². The molecular weight excluding hydrogens is 262 g/mol. The van der Waals surface area contributed by atoms with Gasteiger partial charge in [0.2, 0.25) is 5.43 Å². The topological polar surface area (TPSA) is 59.3 Å². The summed E-state index contributed by atoms with van der Waals surface area (Å²) in [4.78, 5) is 23.7. The highest BCUT2D eigenvalue weighted by Crippen LogP contribution is 2.39. The van der Waals surface area contributed by atoms with Gasteiger partial charge >= 0.3 is 5.97 Å². The van der Waals surface area contributed by atoms with E-state index in [0.717, 1.165) is 17.7 Å². The molecule has 2 aromatic heterocycles. The molecule has 1 fully saturated rings. The van der Waals surface area contributed by atoms with E-state index in [1.807, 2.05) is 4.57 Å². The van der Waals surface area contributed by atoms with Crippen molar-refractivity contribution >= 4 is 39.1 Å². The van der Waals surface area contributed by atoms with E-state index in [2.05, 4.69) is 0 Å². The molecule has 0 saturated heterocycles.